The molecule has 0 radical (unpaired) electrons. The summed E-state index contributed by atoms with van der Waals surface area (Å²) in [5.41, 5.74) is 0.534. The highest BCUT2D eigenvalue weighted by Gasteiger charge is 2.28. The van der Waals surface area contributed by atoms with E-state index < -0.39 is 23.0 Å². The number of aryl methyl sites for hydroxylation is 1. The van der Waals surface area contributed by atoms with Crippen molar-refractivity contribution in [1.29, 1.82) is 0 Å². The zero-order valence-corrected chi connectivity index (χ0v) is 11.7. The molecule has 0 bridgehead atoms. The minimum Gasteiger partial charge on any atom is -0.209 e. The average molecular weight is 304 g/mol. The van der Waals surface area contributed by atoms with E-state index in [4.69, 9.17) is 11.6 Å². The quantitative estimate of drug-likeness (QED) is 0.784. The molecule has 0 saturated carbocycles. The summed E-state index contributed by atoms with van der Waals surface area (Å²) >= 11 is 6.86. The van der Waals surface area contributed by atoms with Gasteiger partial charge in [0, 0.05) is 11.9 Å². The van der Waals surface area contributed by atoms with Crippen molar-refractivity contribution in [2.45, 2.75) is 24.1 Å². The normalized spacial score (nSPS) is 12.6. The molecule has 0 fully saturated rings. The standard InChI is InChI=1S/C9H12ClF2NO2S2/c1-6-5-16-7(3-10)9(6)17(14,15)13(2)4-8(11)12/h5,8H,3-4H2,1-2H3. The van der Waals surface area contributed by atoms with Crippen molar-refractivity contribution in [3.05, 3.63) is 15.8 Å². The third-order valence-electron chi connectivity index (χ3n) is 2.17. The molecule has 0 aliphatic heterocycles. The van der Waals surface area contributed by atoms with Crippen molar-refractivity contribution in [3.63, 3.8) is 0 Å². The second-order valence-corrected chi connectivity index (χ2v) is 6.69. The van der Waals surface area contributed by atoms with Crippen LogP contribution in [0.4, 0.5) is 8.78 Å². The van der Waals surface area contributed by atoms with Gasteiger partial charge < -0.3 is 0 Å². The first kappa shape index (κ1) is 14.8. The van der Waals surface area contributed by atoms with Crippen LogP contribution in [0.25, 0.3) is 0 Å². The topological polar surface area (TPSA) is 37.4 Å². The van der Waals surface area contributed by atoms with Crippen LogP contribution in [0.3, 0.4) is 0 Å². The molecule has 0 aliphatic rings. The second-order valence-electron chi connectivity index (χ2n) is 3.48. The maximum absolute atomic E-state index is 12.2. The summed E-state index contributed by atoms with van der Waals surface area (Å²) in [5.74, 6) is 0.0512. The minimum atomic E-state index is -3.88. The summed E-state index contributed by atoms with van der Waals surface area (Å²) in [6, 6.07) is 0. The van der Waals surface area contributed by atoms with Crippen LogP contribution in [-0.2, 0) is 15.9 Å². The first-order chi connectivity index (χ1) is 7.80. The van der Waals surface area contributed by atoms with Gasteiger partial charge in [0.15, 0.2) is 0 Å². The average Bonchev–Trinajstić information content (AvgIpc) is 2.58. The van der Waals surface area contributed by atoms with Crippen LogP contribution in [0.15, 0.2) is 10.3 Å². The van der Waals surface area contributed by atoms with E-state index in [1.165, 1.54) is 11.3 Å². The van der Waals surface area contributed by atoms with Crippen molar-refractivity contribution in [3.8, 4) is 0 Å². The van der Waals surface area contributed by atoms with Gasteiger partial charge >= 0.3 is 0 Å². The molecule has 0 amide bonds. The molecular formula is C9H12ClF2NO2S2. The fourth-order valence-electron chi connectivity index (χ4n) is 1.37. The van der Waals surface area contributed by atoms with Crippen molar-refractivity contribution in [1.82, 2.24) is 4.31 Å². The van der Waals surface area contributed by atoms with E-state index in [9.17, 15) is 17.2 Å². The van der Waals surface area contributed by atoms with Gasteiger partial charge in [-0.3, -0.25) is 0 Å². The van der Waals surface area contributed by atoms with Gasteiger partial charge in [-0.25, -0.2) is 17.2 Å². The summed E-state index contributed by atoms with van der Waals surface area (Å²) in [6.07, 6.45) is -2.70. The van der Waals surface area contributed by atoms with Gasteiger partial charge in [-0.2, -0.15) is 4.31 Å². The molecule has 3 nitrogen and oxygen atoms in total. The Kier molecular flexibility index (Phi) is 4.88. The zero-order chi connectivity index (χ0) is 13.2. The van der Waals surface area contributed by atoms with Gasteiger partial charge in [0.25, 0.3) is 6.43 Å². The summed E-state index contributed by atoms with van der Waals surface area (Å²) in [5, 5.41) is 1.65. The molecule has 0 saturated heterocycles. The smallest absolute Gasteiger partial charge is 0.209 e. The Morgan fingerprint density at radius 2 is 2.12 bits per heavy atom. The molecule has 98 valence electrons. The van der Waals surface area contributed by atoms with Crippen LogP contribution in [-0.4, -0.2) is 32.7 Å². The van der Waals surface area contributed by atoms with Crippen molar-refractivity contribution in [2.24, 2.45) is 0 Å². The Balaban J connectivity index is 3.17. The molecular weight excluding hydrogens is 292 g/mol. The number of hydrogen-bond donors (Lipinski definition) is 0. The number of hydrogen-bond acceptors (Lipinski definition) is 3. The molecule has 0 N–H and O–H groups in total. The molecule has 17 heavy (non-hydrogen) atoms. The number of halogens is 3. The molecule has 8 heteroatoms. The van der Waals surface area contributed by atoms with Gasteiger partial charge in [0.1, 0.15) is 4.90 Å². The number of nitrogens with zero attached hydrogens (tertiary/aromatic N) is 1. The summed E-state index contributed by atoms with van der Waals surface area (Å²) in [6.45, 7) is 0.801. The number of thiophene rings is 1. The molecule has 0 atom stereocenters. The maximum Gasteiger partial charge on any atom is 0.252 e. The molecule has 1 rings (SSSR count). The van der Waals surface area contributed by atoms with Gasteiger partial charge in [0.2, 0.25) is 10.0 Å². The Hall–Kier alpha value is -0.240. The lowest BCUT2D eigenvalue weighted by molar-refractivity contribution is 0.126. The highest BCUT2D eigenvalue weighted by atomic mass is 35.5. The van der Waals surface area contributed by atoms with Crippen molar-refractivity contribution in [2.75, 3.05) is 13.6 Å². The van der Waals surface area contributed by atoms with E-state index in [0.29, 0.717) is 14.7 Å². The maximum atomic E-state index is 12.2. The molecule has 0 unspecified atom stereocenters. The van der Waals surface area contributed by atoms with Crippen LogP contribution in [0.1, 0.15) is 10.4 Å². The number of sulfonamides is 1. The lowest BCUT2D eigenvalue weighted by atomic mass is 10.3. The van der Waals surface area contributed by atoms with Crippen LogP contribution in [0, 0.1) is 6.92 Å². The van der Waals surface area contributed by atoms with Crippen LogP contribution >= 0.6 is 22.9 Å². The summed E-state index contributed by atoms with van der Waals surface area (Å²) < 4.78 is 49.2. The molecule has 0 aliphatic carbocycles. The SMILES string of the molecule is Cc1csc(CCl)c1S(=O)(=O)N(C)CC(F)F. The Morgan fingerprint density at radius 1 is 1.53 bits per heavy atom. The highest BCUT2D eigenvalue weighted by Crippen LogP contribution is 2.30. The van der Waals surface area contributed by atoms with E-state index in [1.807, 2.05) is 0 Å². The third-order valence-corrected chi connectivity index (χ3v) is 5.89. The molecule has 1 aromatic rings. The number of alkyl halides is 3. The van der Waals surface area contributed by atoms with E-state index in [1.54, 1.807) is 12.3 Å². The van der Waals surface area contributed by atoms with Gasteiger partial charge in [-0.05, 0) is 17.9 Å². The van der Waals surface area contributed by atoms with Crippen molar-refractivity contribution >= 4 is 33.0 Å². The zero-order valence-electron chi connectivity index (χ0n) is 9.28. The van der Waals surface area contributed by atoms with Crippen molar-refractivity contribution < 1.29 is 17.2 Å². The van der Waals surface area contributed by atoms with E-state index in [-0.39, 0.29) is 10.8 Å². The van der Waals surface area contributed by atoms with Crippen LogP contribution in [0.5, 0.6) is 0 Å². The third kappa shape index (κ3) is 3.15. The Morgan fingerprint density at radius 3 is 2.59 bits per heavy atom. The molecule has 0 spiro atoms. The predicted molar refractivity (Wildman–Crippen MR) is 64.4 cm³/mol. The monoisotopic (exact) mass is 303 g/mol. The first-order valence-electron chi connectivity index (χ1n) is 4.68. The lowest BCUT2D eigenvalue weighted by Gasteiger charge is -2.17. The Labute approximate surface area is 108 Å². The van der Waals surface area contributed by atoms with Gasteiger partial charge in [0.05, 0.1) is 12.4 Å². The van der Waals surface area contributed by atoms with Crippen LogP contribution < -0.4 is 0 Å². The summed E-state index contributed by atoms with van der Waals surface area (Å²) in [7, 11) is -2.75. The largest absolute Gasteiger partial charge is 0.252 e. The van der Waals surface area contributed by atoms with E-state index >= 15 is 0 Å². The molecule has 1 aromatic heterocycles. The van der Waals surface area contributed by atoms with Crippen LogP contribution in [0.2, 0.25) is 0 Å². The second kappa shape index (κ2) is 5.60. The predicted octanol–water partition coefficient (Wildman–Crippen LogP) is 2.68. The fraction of sp³-hybridized carbons (Fsp3) is 0.556. The molecule has 1 heterocycles. The minimum absolute atomic E-state index is 0.0512. The number of rotatable bonds is 5. The van der Waals surface area contributed by atoms with E-state index in [0.717, 1.165) is 7.05 Å². The molecule has 0 aromatic carbocycles. The van der Waals surface area contributed by atoms with Gasteiger partial charge in [-0.1, -0.05) is 0 Å². The fourth-order valence-corrected chi connectivity index (χ4v) is 4.53. The lowest BCUT2D eigenvalue weighted by Crippen LogP contribution is -2.32. The summed E-state index contributed by atoms with van der Waals surface area (Å²) in [4.78, 5) is 0.533. The first-order valence-corrected chi connectivity index (χ1v) is 7.53. The van der Waals surface area contributed by atoms with E-state index in [2.05, 4.69) is 0 Å². The highest BCUT2D eigenvalue weighted by molar-refractivity contribution is 7.89. The van der Waals surface area contributed by atoms with Gasteiger partial charge in [-0.15, -0.1) is 22.9 Å². The Bertz CT molecular complexity index is 487.